The van der Waals surface area contributed by atoms with E-state index in [4.69, 9.17) is 18.1 Å². The molecule has 0 saturated heterocycles. The van der Waals surface area contributed by atoms with Crippen molar-refractivity contribution in [2.24, 2.45) is 5.41 Å². The van der Waals surface area contributed by atoms with Gasteiger partial charge < -0.3 is 18.1 Å². The van der Waals surface area contributed by atoms with Gasteiger partial charge in [0.05, 0.1) is 6.61 Å². The molecule has 0 bridgehead atoms. The second-order valence-electron chi connectivity index (χ2n) is 9.87. The zero-order valence-corrected chi connectivity index (χ0v) is 21.6. The number of hydrogen-bond acceptors (Lipinski definition) is 5. The molecule has 0 aliphatic heterocycles. The van der Waals surface area contributed by atoms with Crippen LogP contribution in [-0.4, -0.2) is 48.8 Å². The fourth-order valence-corrected chi connectivity index (χ4v) is 18.7. The Balaban J connectivity index is 5.12. The van der Waals surface area contributed by atoms with Crippen molar-refractivity contribution in [1.29, 1.82) is 0 Å². The van der Waals surface area contributed by atoms with E-state index in [1.165, 1.54) is 0 Å². The van der Waals surface area contributed by atoms with Gasteiger partial charge in [-0.25, -0.2) is 9.59 Å². The van der Waals surface area contributed by atoms with E-state index in [-0.39, 0.29) is 17.6 Å². The molecule has 0 aromatic carbocycles. The molecule has 0 saturated carbocycles. The Bertz CT molecular complexity index is 544. The Morgan fingerprint density at radius 2 is 1.48 bits per heavy atom. The molecule has 0 rings (SSSR count). The molecule has 1 atom stereocenters. The highest BCUT2D eigenvalue weighted by Crippen LogP contribution is 2.43. The fourth-order valence-electron chi connectivity index (χ4n) is 3.75. The zero-order chi connectivity index (χ0) is 21.7. The maximum atomic E-state index is 11.6. The van der Waals surface area contributed by atoms with E-state index in [0.717, 1.165) is 12.2 Å². The Morgan fingerprint density at radius 1 is 0.963 bits per heavy atom. The number of esters is 1. The molecule has 6 nitrogen and oxygen atoms in total. The molecule has 158 valence electrons. The maximum Gasteiger partial charge on any atom is 0.331 e. The number of ether oxygens (including phenoxy) is 1. The molecule has 1 unspecified atom stereocenters. The van der Waals surface area contributed by atoms with Crippen LogP contribution in [0.2, 0.25) is 51.4 Å². The predicted molar refractivity (Wildman–Crippen MR) is 116 cm³/mol. The van der Waals surface area contributed by atoms with Crippen molar-refractivity contribution in [3.8, 4) is 0 Å². The lowest BCUT2D eigenvalue weighted by atomic mass is 9.90. The molecule has 0 heterocycles. The third-order valence-corrected chi connectivity index (χ3v) is 15.3. The van der Waals surface area contributed by atoms with E-state index in [0.29, 0.717) is 6.42 Å². The number of carboxylic acid groups (broad SMARTS) is 1. The summed E-state index contributed by atoms with van der Waals surface area (Å²) in [5.41, 5.74) is 0.237. The van der Waals surface area contributed by atoms with Gasteiger partial charge in [-0.2, -0.15) is 0 Å². The smallest absolute Gasteiger partial charge is 0.331 e. The molecule has 0 aromatic rings. The van der Waals surface area contributed by atoms with Crippen LogP contribution in [0.25, 0.3) is 0 Å². The van der Waals surface area contributed by atoms with Gasteiger partial charge in [0, 0.05) is 12.2 Å². The van der Waals surface area contributed by atoms with Gasteiger partial charge in [-0.15, -0.1) is 0 Å². The van der Waals surface area contributed by atoms with Crippen molar-refractivity contribution < 1.29 is 27.7 Å². The van der Waals surface area contributed by atoms with Crippen molar-refractivity contribution in [3.05, 3.63) is 12.2 Å². The first-order chi connectivity index (χ1) is 11.9. The predicted octanol–water partition coefficient (Wildman–Crippen LogP) is 4.75. The minimum Gasteiger partial charge on any atom is -0.478 e. The van der Waals surface area contributed by atoms with Crippen LogP contribution in [0.5, 0.6) is 0 Å². The van der Waals surface area contributed by atoms with Gasteiger partial charge in [0.2, 0.25) is 0 Å². The van der Waals surface area contributed by atoms with Crippen LogP contribution in [0.4, 0.5) is 0 Å². The van der Waals surface area contributed by atoms with Crippen molar-refractivity contribution in [2.75, 3.05) is 6.61 Å². The van der Waals surface area contributed by atoms with Gasteiger partial charge >= 0.3 is 20.5 Å². The number of carboxylic acids is 1. The van der Waals surface area contributed by atoms with Crippen LogP contribution in [0.15, 0.2) is 12.2 Å². The monoisotopic (exact) mass is 434 g/mol. The van der Waals surface area contributed by atoms with Crippen LogP contribution < -0.4 is 0 Å². The average Bonchev–Trinajstić information content (AvgIpc) is 2.35. The zero-order valence-electron chi connectivity index (χ0n) is 18.6. The summed E-state index contributed by atoms with van der Waals surface area (Å²) >= 11 is 0. The quantitative estimate of drug-likeness (QED) is 0.303. The van der Waals surface area contributed by atoms with Crippen molar-refractivity contribution in [3.63, 3.8) is 0 Å². The first-order valence-corrected chi connectivity index (χ1v) is 18.5. The van der Waals surface area contributed by atoms with E-state index in [1.54, 1.807) is 0 Å². The van der Waals surface area contributed by atoms with E-state index in [2.05, 4.69) is 66.6 Å². The van der Waals surface area contributed by atoms with E-state index >= 15 is 0 Å². The molecular formula is C18H38O6Si3. The maximum absolute atomic E-state index is 11.6. The van der Waals surface area contributed by atoms with E-state index in [1.807, 2.05) is 0 Å². The Kier molecular flexibility index (Phi) is 9.37. The lowest BCUT2D eigenvalue weighted by Crippen LogP contribution is -2.55. The highest BCUT2D eigenvalue weighted by molar-refractivity contribution is 6.88. The molecule has 9 heteroatoms. The summed E-state index contributed by atoms with van der Waals surface area (Å²) in [6.45, 7) is 21.9. The molecule has 0 aromatic heterocycles. The van der Waals surface area contributed by atoms with Gasteiger partial charge in [-0.1, -0.05) is 20.8 Å². The number of hydrogen-bond donors (Lipinski definition) is 1. The van der Waals surface area contributed by atoms with Crippen LogP contribution in [0.3, 0.4) is 0 Å². The standard InChI is InChI=1S/C18H38O6Si3/c1-18(2,3)15(13-14-22-17(21)12-11-16(19)20)26(7,8)24-27(9,10)23-25(4,5)6/h11-12,15H,13-14H2,1-10H3,(H,19,20)/b12-11+. The van der Waals surface area contributed by atoms with Crippen LogP contribution in [0.1, 0.15) is 27.2 Å². The van der Waals surface area contributed by atoms with Crippen LogP contribution in [-0.2, 0) is 22.6 Å². The highest BCUT2D eigenvalue weighted by atomic mass is 28.5. The molecule has 0 amide bonds. The Labute approximate surface area is 167 Å². The summed E-state index contributed by atoms with van der Waals surface area (Å²) < 4.78 is 18.2. The van der Waals surface area contributed by atoms with Crippen LogP contribution in [0, 0.1) is 5.41 Å². The molecular weight excluding hydrogens is 396 g/mol. The third-order valence-electron chi connectivity index (χ3n) is 3.96. The van der Waals surface area contributed by atoms with Crippen molar-refractivity contribution >= 4 is 37.1 Å². The second-order valence-corrected chi connectivity index (χ2v) is 22.4. The van der Waals surface area contributed by atoms with Gasteiger partial charge in [0.1, 0.15) is 0 Å². The summed E-state index contributed by atoms with van der Waals surface area (Å²) in [5, 5.41) is 8.57. The molecule has 0 radical (unpaired) electrons. The van der Waals surface area contributed by atoms with E-state index < -0.39 is 37.1 Å². The van der Waals surface area contributed by atoms with Gasteiger partial charge in [0.15, 0.2) is 16.6 Å². The minimum absolute atomic E-state index is 0.0112. The fraction of sp³-hybridized carbons (Fsp3) is 0.778. The summed E-state index contributed by atoms with van der Waals surface area (Å²) in [7, 11) is -6.12. The molecule has 0 fully saturated rings. The number of carbonyl (C=O) groups excluding carboxylic acids is 1. The van der Waals surface area contributed by atoms with Gasteiger partial charge in [0.25, 0.3) is 0 Å². The number of carbonyl (C=O) groups is 2. The lowest BCUT2D eigenvalue weighted by molar-refractivity contribution is -0.139. The van der Waals surface area contributed by atoms with Crippen molar-refractivity contribution in [2.45, 2.75) is 78.6 Å². The Morgan fingerprint density at radius 3 is 1.89 bits per heavy atom. The van der Waals surface area contributed by atoms with E-state index in [9.17, 15) is 9.59 Å². The Hall–Kier alpha value is -0.749. The largest absolute Gasteiger partial charge is 0.478 e. The SMILES string of the molecule is CC(C)(C)C(CCOC(=O)/C=C/C(=O)O)[Si](C)(C)O[Si](C)(C)O[Si](C)(C)C. The van der Waals surface area contributed by atoms with Crippen molar-refractivity contribution in [1.82, 2.24) is 0 Å². The summed E-state index contributed by atoms with van der Waals surface area (Å²) in [6, 6.07) is 0. The second kappa shape index (κ2) is 9.64. The molecule has 1 N–H and O–H groups in total. The number of rotatable bonds is 10. The average molecular weight is 435 g/mol. The highest BCUT2D eigenvalue weighted by Gasteiger charge is 2.46. The summed E-state index contributed by atoms with van der Waals surface area (Å²) in [5.74, 6) is -1.81. The minimum atomic E-state index is -2.26. The normalized spacial score (nSPS) is 15.0. The summed E-state index contributed by atoms with van der Waals surface area (Å²) in [4.78, 5) is 22.1. The number of aliphatic carboxylic acids is 1. The van der Waals surface area contributed by atoms with Crippen LogP contribution >= 0.6 is 0 Å². The topological polar surface area (TPSA) is 82.1 Å². The molecule has 0 aliphatic carbocycles. The first kappa shape index (κ1) is 26.3. The molecule has 0 aliphatic rings. The molecule has 27 heavy (non-hydrogen) atoms. The third kappa shape index (κ3) is 11.6. The van der Waals surface area contributed by atoms with Gasteiger partial charge in [-0.05, 0) is 63.2 Å². The van der Waals surface area contributed by atoms with Gasteiger partial charge in [-0.3, -0.25) is 0 Å². The lowest BCUT2D eigenvalue weighted by Gasteiger charge is -2.45. The molecule has 0 spiro atoms. The summed E-state index contributed by atoms with van der Waals surface area (Å²) in [6.07, 6.45) is 2.39. The first-order valence-electron chi connectivity index (χ1n) is 9.34.